The number of anilines is 1. The highest BCUT2D eigenvalue weighted by molar-refractivity contribution is 7.17. The van der Waals surface area contributed by atoms with Crippen LogP contribution in [0.15, 0.2) is 0 Å². The molecule has 0 radical (unpaired) electrons. The number of halogens is 3. The number of hydrogen-bond donors (Lipinski definition) is 1. The Morgan fingerprint density at radius 3 is 2.20 bits per heavy atom. The van der Waals surface area contributed by atoms with Crippen molar-refractivity contribution in [2.24, 2.45) is 0 Å². The lowest BCUT2D eigenvalue weighted by Gasteiger charge is -2.29. The van der Waals surface area contributed by atoms with Crippen molar-refractivity contribution in [2.45, 2.75) is 64.3 Å². The Kier molecular flexibility index (Phi) is 5.31. The summed E-state index contributed by atoms with van der Waals surface area (Å²) in [5.41, 5.74) is -2.33. The number of carboxylic acids is 1. The van der Waals surface area contributed by atoms with Gasteiger partial charge in [0.2, 0.25) is 0 Å². The van der Waals surface area contributed by atoms with Gasteiger partial charge in [-0.05, 0) is 33.6 Å². The summed E-state index contributed by atoms with van der Waals surface area (Å²) in [6.07, 6.45) is -2.89. The van der Waals surface area contributed by atoms with Crippen LogP contribution in [0.3, 0.4) is 0 Å². The van der Waals surface area contributed by atoms with Gasteiger partial charge in [-0.3, -0.25) is 0 Å². The summed E-state index contributed by atoms with van der Waals surface area (Å²) in [5, 5.41) is 8.75. The molecule has 0 bridgehead atoms. The number of carboxylic acid groups (broad SMARTS) is 1. The van der Waals surface area contributed by atoms with E-state index < -0.39 is 34.4 Å². The fourth-order valence-electron chi connectivity index (χ4n) is 2.61. The summed E-state index contributed by atoms with van der Waals surface area (Å²) in [4.78, 5) is 27.3. The average molecular weight is 380 g/mol. The maximum absolute atomic E-state index is 13.1. The number of thiazole rings is 1. The lowest BCUT2D eigenvalue weighted by molar-refractivity contribution is -0.141. The van der Waals surface area contributed by atoms with Crippen LogP contribution in [0.5, 0.6) is 0 Å². The second-order valence-corrected chi connectivity index (χ2v) is 7.74. The van der Waals surface area contributed by atoms with Crippen LogP contribution < -0.4 is 4.90 Å². The third kappa shape index (κ3) is 4.62. The Bertz CT molecular complexity index is 661. The van der Waals surface area contributed by atoms with Crippen molar-refractivity contribution in [3.05, 3.63) is 10.6 Å². The highest BCUT2D eigenvalue weighted by Crippen LogP contribution is 2.39. The molecule has 0 atom stereocenters. The van der Waals surface area contributed by atoms with Crippen molar-refractivity contribution in [3.8, 4) is 0 Å². The SMILES string of the molecule is CC(C)(C)OC(=O)N(c1nc(C(F)(F)F)c(C(=O)O)s1)C1CCCC1. The minimum atomic E-state index is -4.92. The van der Waals surface area contributed by atoms with Crippen molar-refractivity contribution in [1.82, 2.24) is 4.98 Å². The smallest absolute Gasteiger partial charge is 0.435 e. The topological polar surface area (TPSA) is 79.7 Å². The number of alkyl halides is 3. The molecule has 0 aliphatic heterocycles. The zero-order valence-electron chi connectivity index (χ0n) is 14.0. The predicted molar refractivity (Wildman–Crippen MR) is 85.0 cm³/mol. The predicted octanol–water partition coefficient (Wildman–Crippen LogP) is 4.54. The van der Waals surface area contributed by atoms with E-state index in [4.69, 9.17) is 9.84 Å². The van der Waals surface area contributed by atoms with Crippen molar-refractivity contribution >= 4 is 28.5 Å². The van der Waals surface area contributed by atoms with Gasteiger partial charge in [-0.2, -0.15) is 13.2 Å². The Morgan fingerprint density at radius 1 is 1.24 bits per heavy atom. The van der Waals surface area contributed by atoms with Gasteiger partial charge in [0, 0.05) is 6.04 Å². The monoisotopic (exact) mass is 380 g/mol. The zero-order valence-corrected chi connectivity index (χ0v) is 14.8. The molecule has 0 spiro atoms. The van der Waals surface area contributed by atoms with Gasteiger partial charge in [-0.1, -0.05) is 24.2 Å². The number of amides is 1. The first-order chi connectivity index (χ1) is 11.4. The number of aromatic nitrogens is 1. The molecule has 1 amide bonds. The molecule has 1 heterocycles. The van der Waals surface area contributed by atoms with E-state index in [-0.39, 0.29) is 11.2 Å². The van der Waals surface area contributed by atoms with Crippen LogP contribution in [0.1, 0.15) is 61.8 Å². The van der Waals surface area contributed by atoms with E-state index in [0.29, 0.717) is 24.2 Å². The first-order valence-electron chi connectivity index (χ1n) is 7.73. The molecule has 1 fully saturated rings. The third-order valence-corrected chi connectivity index (χ3v) is 4.61. The lowest BCUT2D eigenvalue weighted by atomic mass is 10.2. The second kappa shape index (κ2) is 6.81. The van der Waals surface area contributed by atoms with E-state index in [9.17, 15) is 22.8 Å². The third-order valence-electron chi connectivity index (χ3n) is 3.56. The van der Waals surface area contributed by atoms with Gasteiger partial charge in [0.05, 0.1) is 0 Å². The van der Waals surface area contributed by atoms with Gasteiger partial charge in [0.25, 0.3) is 0 Å². The van der Waals surface area contributed by atoms with Crippen LogP contribution in [0.2, 0.25) is 0 Å². The molecule has 25 heavy (non-hydrogen) atoms. The number of aromatic carboxylic acids is 1. The number of carbonyl (C=O) groups is 2. The quantitative estimate of drug-likeness (QED) is 0.832. The summed E-state index contributed by atoms with van der Waals surface area (Å²) >= 11 is 0.338. The standard InChI is InChI=1S/C15H19F3N2O4S/c1-14(2,3)24-13(23)20(8-6-4-5-7-8)12-19-10(15(16,17)18)9(25-12)11(21)22/h8H,4-7H2,1-3H3,(H,21,22). The van der Waals surface area contributed by atoms with Crippen LogP contribution in [0, 0.1) is 0 Å². The molecular weight excluding hydrogens is 361 g/mol. The fraction of sp³-hybridized carbons (Fsp3) is 0.667. The van der Waals surface area contributed by atoms with Gasteiger partial charge in [-0.25, -0.2) is 19.5 Å². The molecule has 1 aliphatic carbocycles. The van der Waals surface area contributed by atoms with Crippen LogP contribution in [0.25, 0.3) is 0 Å². The van der Waals surface area contributed by atoms with E-state index in [2.05, 4.69) is 4.98 Å². The van der Waals surface area contributed by atoms with E-state index in [1.54, 1.807) is 20.8 Å². The average Bonchev–Trinajstić information content (AvgIpc) is 3.05. The Morgan fingerprint density at radius 2 is 1.80 bits per heavy atom. The van der Waals surface area contributed by atoms with Crippen molar-refractivity contribution < 1.29 is 32.6 Å². The van der Waals surface area contributed by atoms with Crippen molar-refractivity contribution in [3.63, 3.8) is 0 Å². The Balaban J connectivity index is 2.47. The summed E-state index contributed by atoms with van der Waals surface area (Å²) in [7, 11) is 0. The van der Waals surface area contributed by atoms with Crippen LogP contribution >= 0.6 is 11.3 Å². The molecule has 1 aromatic heterocycles. The highest BCUT2D eigenvalue weighted by Gasteiger charge is 2.42. The molecule has 1 aliphatic rings. The highest BCUT2D eigenvalue weighted by atomic mass is 32.1. The number of nitrogens with zero attached hydrogens (tertiary/aromatic N) is 2. The first kappa shape index (κ1) is 19.5. The number of ether oxygens (including phenoxy) is 1. The normalized spacial score (nSPS) is 16.1. The molecule has 140 valence electrons. The molecule has 1 aromatic rings. The zero-order chi connectivity index (χ0) is 19.0. The molecule has 1 saturated carbocycles. The van der Waals surface area contributed by atoms with E-state index >= 15 is 0 Å². The summed E-state index contributed by atoms with van der Waals surface area (Å²) < 4.78 is 44.5. The largest absolute Gasteiger partial charge is 0.477 e. The van der Waals surface area contributed by atoms with Crippen molar-refractivity contribution in [2.75, 3.05) is 4.90 Å². The van der Waals surface area contributed by atoms with Crippen LogP contribution in [-0.2, 0) is 10.9 Å². The molecule has 0 aromatic carbocycles. The molecule has 0 saturated heterocycles. The van der Waals surface area contributed by atoms with Gasteiger partial charge >= 0.3 is 18.2 Å². The summed E-state index contributed by atoms with van der Waals surface area (Å²) in [6.45, 7) is 4.93. The lowest BCUT2D eigenvalue weighted by Crippen LogP contribution is -2.42. The number of hydrogen-bond acceptors (Lipinski definition) is 5. The molecule has 10 heteroatoms. The molecule has 2 rings (SSSR count). The summed E-state index contributed by atoms with van der Waals surface area (Å²) in [5.74, 6) is -1.73. The molecule has 1 N–H and O–H groups in total. The van der Waals surface area contributed by atoms with Crippen molar-refractivity contribution in [1.29, 1.82) is 0 Å². The molecule has 0 unspecified atom stereocenters. The van der Waals surface area contributed by atoms with Gasteiger partial charge in [-0.15, -0.1) is 0 Å². The van der Waals surface area contributed by atoms with Gasteiger partial charge < -0.3 is 9.84 Å². The minimum absolute atomic E-state index is 0.300. The molecular formula is C15H19F3N2O4S. The fourth-order valence-corrected chi connectivity index (χ4v) is 3.59. The van der Waals surface area contributed by atoms with E-state index in [1.807, 2.05) is 0 Å². The molecule has 6 nitrogen and oxygen atoms in total. The maximum atomic E-state index is 13.1. The van der Waals surface area contributed by atoms with E-state index in [1.165, 1.54) is 0 Å². The summed E-state index contributed by atoms with van der Waals surface area (Å²) in [6, 6.07) is -0.358. The van der Waals surface area contributed by atoms with Gasteiger partial charge in [0.15, 0.2) is 10.8 Å². The number of rotatable bonds is 3. The van der Waals surface area contributed by atoms with E-state index in [0.717, 1.165) is 17.7 Å². The second-order valence-electron chi connectivity index (χ2n) is 6.77. The maximum Gasteiger partial charge on any atom is 0.435 e. The Labute approximate surface area is 146 Å². The number of carbonyl (C=O) groups excluding carboxylic acids is 1. The van der Waals surface area contributed by atoms with Gasteiger partial charge in [0.1, 0.15) is 10.5 Å². The van der Waals surface area contributed by atoms with Crippen LogP contribution in [0.4, 0.5) is 23.1 Å². The minimum Gasteiger partial charge on any atom is -0.477 e. The van der Waals surface area contributed by atoms with Crippen LogP contribution in [-0.4, -0.2) is 33.8 Å². The Hall–Kier alpha value is -1.84. The first-order valence-corrected chi connectivity index (χ1v) is 8.55.